The predicted molar refractivity (Wildman–Crippen MR) is 107 cm³/mol. The molecule has 2 atom stereocenters. The molecule has 8 heteroatoms. The van der Waals surface area contributed by atoms with Crippen molar-refractivity contribution in [3.8, 4) is 0 Å². The number of benzene rings is 2. The Morgan fingerprint density at radius 3 is 2.56 bits per heavy atom. The summed E-state index contributed by atoms with van der Waals surface area (Å²) in [6, 6.07) is 9.16. The first-order chi connectivity index (χ1) is 12.8. The number of amides is 1. The van der Waals surface area contributed by atoms with Crippen molar-refractivity contribution in [2.45, 2.75) is 23.1 Å². The first-order valence-electron chi connectivity index (χ1n) is 8.11. The Labute approximate surface area is 175 Å². The van der Waals surface area contributed by atoms with Crippen LogP contribution in [-0.2, 0) is 16.0 Å². The third-order valence-electron chi connectivity index (χ3n) is 4.48. The highest BCUT2D eigenvalue weighted by Crippen LogP contribution is 2.65. The van der Waals surface area contributed by atoms with Crippen LogP contribution in [0.15, 0.2) is 36.4 Å². The lowest BCUT2D eigenvalue weighted by Gasteiger charge is -2.08. The van der Waals surface area contributed by atoms with E-state index >= 15 is 0 Å². The number of hydrogen-bond donors (Lipinski definition) is 1. The van der Waals surface area contributed by atoms with E-state index < -0.39 is 22.0 Å². The summed E-state index contributed by atoms with van der Waals surface area (Å²) in [4.78, 5) is 23.1. The van der Waals surface area contributed by atoms with Crippen molar-refractivity contribution < 1.29 is 14.0 Å². The second kappa shape index (κ2) is 7.96. The van der Waals surface area contributed by atoms with Gasteiger partial charge in [-0.1, -0.05) is 29.3 Å². The molecule has 1 amide bonds. The fourth-order valence-electron chi connectivity index (χ4n) is 3.05. The third-order valence-corrected chi connectivity index (χ3v) is 6.16. The van der Waals surface area contributed by atoms with E-state index in [1.807, 2.05) is 0 Å². The summed E-state index contributed by atoms with van der Waals surface area (Å²) >= 11 is 24.6. The van der Waals surface area contributed by atoms with E-state index in [9.17, 15) is 14.0 Å². The maximum absolute atomic E-state index is 13.8. The Morgan fingerprint density at radius 2 is 1.89 bits per heavy atom. The molecule has 2 aromatic carbocycles. The number of nitrogens with one attached hydrogen (secondary N) is 1. The summed E-state index contributed by atoms with van der Waals surface area (Å²) in [7, 11) is 0. The van der Waals surface area contributed by atoms with Gasteiger partial charge in [0.2, 0.25) is 5.91 Å². The largest absolute Gasteiger partial charge is 0.326 e. The first-order valence-corrected chi connectivity index (χ1v) is 9.62. The average Bonchev–Trinajstić information content (AvgIpc) is 3.20. The van der Waals surface area contributed by atoms with E-state index in [2.05, 4.69) is 5.32 Å². The molecule has 142 valence electrons. The van der Waals surface area contributed by atoms with Crippen molar-refractivity contribution in [3.05, 3.63) is 63.4 Å². The summed E-state index contributed by atoms with van der Waals surface area (Å²) < 4.78 is 12.5. The minimum atomic E-state index is -1.28. The summed E-state index contributed by atoms with van der Waals surface area (Å²) in [5.74, 6) is -1.95. The Morgan fingerprint density at radius 1 is 1.15 bits per heavy atom. The van der Waals surface area contributed by atoms with E-state index in [-0.39, 0.29) is 18.7 Å². The number of carbonyl (C=O) groups excluding carboxylic acids is 2. The molecular formula is C19H14Cl4FNO2. The molecule has 2 aromatic rings. The number of hydrogen-bond acceptors (Lipinski definition) is 2. The molecular weight excluding hydrogens is 435 g/mol. The van der Waals surface area contributed by atoms with Crippen LogP contribution in [0.2, 0.25) is 10.0 Å². The summed E-state index contributed by atoms with van der Waals surface area (Å²) in [5.41, 5.74) is 1.46. The molecule has 1 aliphatic carbocycles. The zero-order valence-electron chi connectivity index (χ0n) is 13.8. The predicted octanol–water partition coefficient (Wildman–Crippen LogP) is 5.79. The molecule has 0 aromatic heterocycles. The molecule has 1 aliphatic rings. The van der Waals surface area contributed by atoms with Gasteiger partial charge in [-0.25, -0.2) is 4.39 Å². The van der Waals surface area contributed by atoms with Gasteiger partial charge in [0.1, 0.15) is 16.4 Å². The highest BCUT2D eigenvalue weighted by Gasteiger charge is 2.67. The van der Waals surface area contributed by atoms with Gasteiger partial charge < -0.3 is 10.1 Å². The van der Waals surface area contributed by atoms with Gasteiger partial charge in [0.25, 0.3) is 0 Å². The van der Waals surface area contributed by atoms with Gasteiger partial charge in [0.15, 0.2) is 0 Å². The Hall–Kier alpha value is -1.33. The second-order valence-corrected chi connectivity index (χ2v) is 8.56. The third kappa shape index (κ3) is 4.24. The van der Waals surface area contributed by atoms with E-state index in [1.54, 1.807) is 18.2 Å². The number of alkyl halides is 2. The van der Waals surface area contributed by atoms with Crippen LogP contribution in [0.1, 0.15) is 23.5 Å². The van der Waals surface area contributed by atoms with E-state index in [4.69, 9.17) is 46.4 Å². The molecule has 0 saturated heterocycles. The molecule has 0 spiro atoms. The van der Waals surface area contributed by atoms with Gasteiger partial charge in [-0.2, -0.15) is 0 Å². The standard InChI is InChI=1S/C19H14Cl4FNO2/c20-13-5-3-11(9-14(13)21)16-17(19(16,22)23)18(27)25-12-4-6-15(24)10(8-12)2-1-7-26/h3-9,16-17H,1-2H2,(H,25,27). The minimum Gasteiger partial charge on any atom is -0.326 e. The van der Waals surface area contributed by atoms with Crippen LogP contribution >= 0.6 is 46.4 Å². The molecule has 27 heavy (non-hydrogen) atoms. The quantitative estimate of drug-likeness (QED) is 0.449. The number of halogens is 5. The van der Waals surface area contributed by atoms with Gasteiger partial charge >= 0.3 is 0 Å². The number of aryl methyl sites for hydroxylation is 1. The number of aldehydes is 1. The molecule has 3 rings (SSSR count). The molecule has 0 aliphatic heterocycles. The monoisotopic (exact) mass is 447 g/mol. The summed E-state index contributed by atoms with van der Waals surface area (Å²) in [6.07, 6.45) is 1.16. The molecule has 0 bridgehead atoms. The molecule has 0 heterocycles. The van der Waals surface area contributed by atoms with Crippen LogP contribution < -0.4 is 5.32 Å². The van der Waals surface area contributed by atoms with Crippen LogP contribution in [0.3, 0.4) is 0 Å². The smallest absolute Gasteiger partial charge is 0.231 e. The van der Waals surface area contributed by atoms with E-state index in [0.717, 1.165) is 0 Å². The van der Waals surface area contributed by atoms with Crippen molar-refractivity contribution in [1.82, 2.24) is 0 Å². The topological polar surface area (TPSA) is 46.2 Å². The van der Waals surface area contributed by atoms with Crippen LogP contribution in [0.25, 0.3) is 0 Å². The molecule has 2 unspecified atom stereocenters. The lowest BCUT2D eigenvalue weighted by molar-refractivity contribution is -0.117. The van der Waals surface area contributed by atoms with Crippen molar-refractivity contribution in [2.75, 3.05) is 5.32 Å². The van der Waals surface area contributed by atoms with E-state index in [1.165, 1.54) is 18.2 Å². The van der Waals surface area contributed by atoms with Crippen LogP contribution in [0, 0.1) is 11.7 Å². The summed E-state index contributed by atoms with van der Waals surface area (Å²) in [5, 5.41) is 3.45. The molecule has 1 N–H and O–H groups in total. The maximum Gasteiger partial charge on any atom is 0.231 e. The minimum absolute atomic E-state index is 0.197. The van der Waals surface area contributed by atoms with Crippen molar-refractivity contribution in [1.29, 1.82) is 0 Å². The molecule has 3 nitrogen and oxygen atoms in total. The summed E-state index contributed by atoms with van der Waals surface area (Å²) in [6.45, 7) is 0. The SMILES string of the molecule is O=CCCc1cc(NC(=O)C2C(c3ccc(Cl)c(Cl)c3)C2(Cl)Cl)ccc1F. The van der Waals surface area contributed by atoms with Gasteiger partial charge in [0.05, 0.1) is 16.0 Å². The highest BCUT2D eigenvalue weighted by molar-refractivity contribution is 6.53. The molecule has 0 radical (unpaired) electrons. The zero-order chi connectivity index (χ0) is 19.8. The molecule has 1 fully saturated rings. The molecule has 1 saturated carbocycles. The van der Waals surface area contributed by atoms with E-state index in [0.29, 0.717) is 33.1 Å². The Bertz CT molecular complexity index is 903. The lowest BCUT2D eigenvalue weighted by atomic mass is 10.1. The number of carbonyl (C=O) groups is 2. The zero-order valence-corrected chi connectivity index (χ0v) is 16.8. The maximum atomic E-state index is 13.8. The van der Waals surface area contributed by atoms with Crippen molar-refractivity contribution in [3.63, 3.8) is 0 Å². The first kappa shape index (κ1) is 20.4. The highest BCUT2D eigenvalue weighted by atomic mass is 35.5. The van der Waals surface area contributed by atoms with Gasteiger partial charge in [-0.05, 0) is 47.9 Å². The fourth-order valence-corrected chi connectivity index (χ4v) is 4.19. The van der Waals surface area contributed by atoms with Gasteiger partial charge in [-0.15, -0.1) is 23.2 Å². The van der Waals surface area contributed by atoms with Crippen LogP contribution in [-0.4, -0.2) is 16.5 Å². The fraction of sp³-hybridized carbons (Fsp3) is 0.263. The number of rotatable bonds is 6. The Balaban J connectivity index is 1.76. The van der Waals surface area contributed by atoms with Gasteiger partial charge in [-0.3, -0.25) is 4.79 Å². The van der Waals surface area contributed by atoms with Crippen LogP contribution in [0.4, 0.5) is 10.1 Å². The van der Waals surface area contributed by atoms with Crippen molar-refractivity contribution in [2.24, 2.45) is 5.92 Å². The normalized spacial score (nSPS) is 20.2. The second-order valence-electron chi connectivity index (χ2n) is 6.30. The number of anilines is 1. The van der Waals surface area contributed by atoms with Gasteiger partial charge in [0, 0.05) is 18.0 Å². The van der Waals surface area contributed by atoms with Crippen LogP contribution in [0.5, 0.6) is 0 Å². The Kier molecular flexibility index (Phi) is 6.02. The van der Waals surface area contributed by atoms with Crippen molar-refractivity contribution >= 4 is 64.3 Å². The average molecular weight is 449 g/mol. The lowest BCUT2D eigenvalue weighted by Crippen LogP contribution is -2.17.